The minimum atomic E-state index is -0.497. The van der Waals surface area contributed by atoms with Crippen LogP contribution in [0.2, 0.25) is 5.02 Å². The number of Topliss-reactive ketones (excluding diaryl/α,β-unsaturated/α-hetero) is 1. The Hall–Kier alpha value is -2.48. The van der Waals surface area contributed by atoms with E-state index in [1.54, 1.807) is 0 Å². The van der Waals surface area contributed by atoms with Crippen molar-refractivity contribution in [1.82, 2.24) is 15.2 Å². The van der Waals surface area contributed by atoms with E-state index in [4.69, 9.17) is 16.3 Å². The molecule has 2 aromatic rings. The van der Waals surface area contributed by atoms with Crippen LogP contribution < -0.4 is 10.9 Å². The molecule has 7 nitrogen and oxygen atoms in total. The lowest BCUT2D eigenvalue weighted by Crippen LogP contribution is -2.44. The number of carbonyl (C=O) groups excluding carboxylic acids is 2. The maximum atomic E-state index is 12.8. The van der Waals surface area contributed by atoms with Crippen molar-refractivity contribution in [3.63, 3.8) is 0 Å². The Bertz CT molecular complexity index is 1010. The summed E-state index contributed by atoms with van der Waals surface area (Å²) in [6, 6.07) is 8.83. The standard InChI is InChI=1S/C22H24ClN3O4/c23-17-5-2-1-4-14(17)19(26-8-10-30-11-9-26)13-24-21(28)16-12-15-18(25-22(16)29)6-3-7-20(15)27/h1-2,4-5,12,19H,3,6-11,13H2,(H,24,28)(H,25,29)/t19-/m1/s1. The third-order valence-corrected chi connectivity index (χ3v) is 6.05. The number of benzene rings is 1. The molecule has 30 heavy (non-hydrogen) atoms. The number of H-pyrrole nitrogens is 1. The van der Waals surface area contributed by atoms with E-state index in [0.29, 0.717) is 48.8 Å². The summed E-state index contributed by atoms with van der Waals surface area (Å²) in [6.07, 6.45) is 1.79. The van der Waals surface area contributed by atoms with Crippen LogP contribution in [0, 0.1) is 0 Å². The van der Waals surface area contributed by atoms with E-state index < -0.39 is 11.5 Å². The molecule has 1 saturated heterocycles. The Morgan fingerprint density at radius 3 is 2.73 bits per heavy atom. The van der Waals surface area contributed by atoms with E-state index in [0.717, 1.165) is 18.7 Å². The van der Waals surface area contributed by atoms with Gasteiger partial charge >= 0.3 is 0 Å². The molecule has 2 aliphatic rings. The number of nitrogens with zero attached hydrogens (tertiary/aromatic N) is 1. The summed E-state index contributed by atoms with van der Waals surface area (Å²) in [5.41, 5.74) is 1.47. The van der Waals surface area contributed by atoms with Crippen molar-refractivity contribution in [2.45, 2.75) is 25.3 Å². The molecule has 2 N–H and O–H groups in total. The van der Waals surface area contributed by atoms with Gasteiger partial charge in [0.1, 0.15) is 5.56 Å². The highest BCUT2D eigenvalue weighted by atomic mass is 35.5. The van der Waals surface area contributed by atoms with Crippen LogP contribution in [0.1, 0.15) is 50.9 Å². The molecule has 0 bridgehead atoms. The molecule has 1 aromatic carbocycles. The molecule has 0 radical (unpaired) electrons. The SMILES string of the molecule is O=C1CCCc2[nH]c(=O)c(C(=O)NC[C@H](c3ccccc3Cl)N3CCOCC3)cc21. The number of aromatic amines is 1. The maximum absolute atomic E-state index is 12.8. The molecule has 1 fully saturated rings. The zero-order valence-electron chi connectivity index (χ0n) is 16.6. The first-order valence-electron chi connectivity index (χ1n) is 10.2. The average molecular weight is 430 g/mol. The predicted octanol–water partition coefficient (Wildman–Crippen LogP) is 2.35. The van der Waals surface area contributed by atoms with Crippen molar-refractivity contribution in [2.75, 3.05) is 32.8 Å². The fourth-order valence-electron chi connectivity index (χ4n) is 4.10. The van der Waals surface area contributed by atoms with E-state index >= 15 is 0 Å². The number of morpholine rings is 1. The Balaban J connectivity index is 1.56. The molecule has 8 heteroatoms. The number of rotatable bonds is 5. The Kier molecular flexibility index (Phi) is 6.32. The van der Waals surface area contributed by atoms with Gasteiger partial charge in [0.25, 0.3) is 11.5 Å². The Morgan fingerprint density at radius 1 is 1.20 bits per heavy atom. The van der Waals surface area contributed by atoms with E-state index in [1.807, 2.05) is 24.3 Å². The summed E-state index contributed by atoms with van der Waals surface area (Å²) in [4.78, 5) is 42.4. The number of ketones is 1. The van der Waals surface area contributed by atoms with Gasteiger partial charge in [-0.25, -0.2) is 0 Å². The number of amides is 1. The Morgan fingerprint density at radius 2 is 1.97 bits per heavy atom. The zero-order chi connectivity index (χ0) is 21.1. The number of carbonyl (C=O) groups is 2. The van der Waals surface area contributed by atoms with E-state index in [2.05, 4.69) is 15.2 Å². The van der Waals surface area contributed by atoms with Crippen molar-refractivity contribution in [2.24, 2.45) is 0 Å². The molecule has 1 aliphatic carbocycles. The minimum absolute atomic E-state index is 0.0381. The van der Waals surface area contributed by atoms with Crippen molar-refractivity contribution in [3.8, 4) is 0 Å². The van der Waals surface area contributed by atoms with E-state index in [1.165, 1.54) is 6.07 Å². The topological polar surface area (TPSA) is 91.5 Å². The van der Waals surface area contributed by atoms with Crippen LogP contribution in [0.15, 0.2) is 35.1 Å². The third kappa shape index (κ3) is 4.33. The second kappa shape index (κ2) is 9.12. The summed E-state index contributed by atoms with van der Waals surface area (Å²) in [7, 11) is 0. The normalized spacial score (nSPS) is 18.0. The summed E-state index contributed by atoms with van der Waals surface area (Å²) >= 11 is 6.43. The number of hydrogen-bond acceptors (Lipinski definition) is 5. The second-order valence-corrected chi connectivity index (χ2v) is 7.98. The molecule has 1 amide bonds. The molecule has 158 valence electrons. The van der Waals surface area contributed by atoms with Crippen molar-refractivity contribution in [1.29, 1.82) is 0 Å². The summed E-state index contributed by atoms with van der Waals surface area (Å²) in [6.45, 7) is 2.95. The highest BCUT2D eigenvalue weighted by molar-refractivity contribution is 6.31. The number of ether oxygens (including phenoxy) is 1. The monoisotopic (exact) mass is 429 g/mol. The summed E-state index contributed by atoms with van der Waals surface area (Å²) in [5.74, 6) is -0.536. The van der Waals surface area contributed by atoms with Crippen LogP contribution in [0.5, 0.6) is 0 Å². The van der Waals surface area contributed by atoms with Gasteiger partial charge in [-0.3, -0.25) is 19.3 Å². The van der Waals surface area contributed by atoms with Gasteiger partial charge in [0.05, 0.1) is 19.3 Å². The number of hydrogen-bond donors (Lipinski definition) is 2. The molecule has 0 unspecified atom stereocenters. The highest BCUT2D eigenvalue weighted by Gasteiger charge is 2.26. The van der Waals surface area contributed by atoms with Crippen molar-refractivity contribution in [3.05, 3.63) is 68.1 Å². The molecule has 1 aliphatic heterocycles. The van der Waals surface area contributed by atoms with Crippen LogP contribution >= 0.6 is 11.6 Å². The zero-order valence-corrected chi connectivity index (χ0v) is 17.3. The van der Waals surface area contributed by atoms with Crippen LogP contribution in [-0.4, -0.2) is 54.4 Å². The smallest absolute Gasteiger partial charge is 0.261 e. The third-order valence-electron chi connectivity index (χ3n) is 5.71. The quantitative estimate of drug-likeness (QED) is 0.761. The highest BCUT2D eigenvalue weighted by Crippen LogP contribution is 2.28. The molecule has 1 aromatic heterocycles. The lowest BCUT2D eigenvalue weighted by Gasteiger charge is -2.35. The lowest BCUT2D eigenvalue weighted by molar-refractivity contribution is 0.0162. The molecular weight excluding hydrogens is 406 g/mol. The number of aromatic nitrogens is 1. The first kappa shape index (κ1) is 20.8. The van der Waals surface area contributed by atoms with Crippen molar-refractivity contribution >= 4 is 23.3 Å². The fraction of sp³-hybridized carbons (Fsp3) is 0.409. The number of nitrogens with one attached hydrogen (secondary N) is 2. The van der Waals surface area contributed by atoms with Crippen LogP contribution in [0.3, 0.4) is 0 Å². The molecule has 0 spiro atoms. The predicted molar refractivity (Wildman–Crippen MR) is 113 cm³/mol. The Labute approximate surface area is 179 Å². The number of aryl methyl sites for hydroxylation is 1. The van der Waals surface area contributed by atoms with Crippen molar-refractivity contribution < 1.29 is 14.3 Å². The van der Waals surface area contributed by atoms with Gasteiger partial charge < -0.3 is 15.0 Å². The number of fused-ring (bicyclic) bond motifs is 1. The molecule has 2 heterocycles. The molecule has 4 rings (SSSR count). The minimum Gasteiger partial charge on any atom is -0.379 e. The molecular formula is C22H24ClN3O4. The van der Waals surface area contributed by atoms with Crippen LogP contribution in [0.25, 0.3) is 0 Å². The van der Waals surface area contributed by atoms with Crippen LogP contribution in [0.4, 0.5) is 0 Å². The fourth-order valence-corrected chi connectivity index (χ4v) is 4.36. The van der Waals surface area contributed by atoms with Gasteiger partial charge in [0.2, 0.25) is 0 Å². The van der Waals surface area contributed by atoms with Crippen LogP contribution in [-0.2, 0) is 11.2 Å². The van der Waals surface area contributed by atoms with Gasteiger partial charge in [-0.2, -0.15) is 0 Å². The van der Waals surface area contributed by atoms with E-state index in [-0.39, 0.29) is 23.9 Å². The average Bonchev–Trinajstić information content (AvgIpc) is 2.75. The van der Waals surface area contributed by atoms with Gasteiger partial charge in [0, 0.05) is 42.3 Å². The van der Waals surface area contributed by atoms with Gasteiger partial charge in [-0.1, -0.05) is 29.8 Å². The van der Waals surface area contributed by atoms with Gasteiger partial charge in [-0.05, 0) is 30.5 Å². The maximum Gasteiger partial charge on any atom is 0.261 e. The lowest BCUT2D eigenvalue weighted by atomic mass is 9.93. The number of pyridine rings is 1. The second-order valence-electron chi connectivity index (χ2n) is 7.58. The molecule has 0 saturated carbocycles. The largest absolute Gasteiger partial charge is 0.379 e. The first-order chi connectivity index (χ1) is 14.5. The van der Waals surface area contributed by atoms with Gasteiger partial charge in [0.15, 0.2) is 5.78 Å². The first-order valence-corrected chi connectivity index (χ1v) is 10.6. The summed E-state index contributed by atoms with van der Waals surface area (Å²) < 4.78 is 5.45. The van der Waals surface area contributed by atoms with E-state index in [9.17, 15) is 14.4 Å². The molecule has 1 atom stereocenters. The summed E-state index contributed by atoms with van der Waals surface area (Å²) in [5, 5.41) is 3.50. The number of halogens is 1. The van der Waals surface area contributed by atoms with Gasteiger partial charge in [-0.15, -0.1) is 0 Å².